The highest BCUT2D eigenvalue weighted by molar-refractivity contribution is 5.91. The summed E-state index contributed by atoms with van der Waals surface area (Å²) >= 11 is 0. The van der Waals surface area contributed by atoms with E-state index in [1.54, 1.807) is 54.6 Å². The van der Waals surface area contributed by atoms with Crippen LogP contribution in [0, 0.1) is 22.7 Å². The summed E-state index contributed by atoms with van der Waals surface area (Å²) in [5.74, 6) is 0.636. The molecule has 0 fully saturated rings. The number of nitriles is 2. The van der Waals surface area contributed by atoms with Crippen LogP contribution in [0.2, 0.25) is 0 Å². The van der Waals surface area contributed by atoms with E-state index in [1.165, 1.54) is 20.3 Å². The molecule has 0 aliphatic heterocycles. The monoisotopic (exact) mass is 334 g/mol. The van der Waals surface area contributed by atoms with E-state index in [-0.39, 0.29) is 11.3 Å². The minimum atomic E-state index is -0.543. The highest BCUT2D eigenvalue weighted by atomic mass is 16.6. The van der Waals surface area contributed by atoms with Gasteiger partial charge in [-0.15, -0.1) is 0 Å². The third-order valence-electron chi connectivity index (χ3n) is 3.27. The summed E-state index contributed by atoms with van der Waals surface area (Å²) in [6, 6.07) is 14.8. The minimum absolute atomic E-state index is 0.0370. The molecule has 0 unspecified atom stereocenters. The highest BCUT2D eigenvalue weighted by Gasteiger charge is 2.13. The SMILES string of the molecule is COc1ccc(C(=O)Oc2ccc(C=C(C#N)C#N)cc2OC)cc1. The maximum Gasteiger partial charge on any atom is 0.343 e. The Labute approximate surface area is 145 Å². The second-order valence-corrected chi connectivity index (χ2v) is 4.81. The zero-order valence-electron chi connectivity index (χ0n) is 13.6. The van der Waals surface area contributed by atoms with Gasteiger partial charge in [-0.1, -0.05) is 6.07 Å². The Morgan fingerprint density at radius 3 is 2.20 bits per heavy atom. The molecule has 6 nitrogen and oxygen atoms in total. The predicted octanol–water partition coefficient (Wildman–Crippen LogP) is 3.35. The van der Waals surface area contributed by atoms with Gasteiger partial charge in [-0.3, -0.25) is 0 Å². The van der Waals surface area contributed by atoms with Gasteiger partial charge in [0.25, 0.3) is 0 Å². The van der Waals surface area contributed by atoms with Crippen molar-refractivity contribution in [1.82, 2.24) is 0 Å². The van der Waals surface area contributed by atoms with Crippen LogP contribution in [-0.4, -0.2) is 20.2 Å². The van der Waals surface area contributed by atoms with E-state index in [1.807, 2.05) is 0 Å². The third-order valence-corrected chi connectivity index (χ3v) is 3.27. The zero-order valence-corrected chi connectivity index (χ0v) is 13.6. The van der Waals surface area contributed by atoms with Gasteiger partial charge in [0.2, 0.25) is 0 Å². The Morgan fingerprint density at radius 2 is 1.64 bits per heavy atom. The van der Waals surface area contributed by atoms with Crippen molar-refractivity contribution in [2.45, 2.75) is 0 Å². The van der Waals surface area contributed by atoms with E-state index in [4.69, 9.17) is 24.7 Å². The molecule has 0 amide bonds. The van der Waals surface area contributed by atoms with Crippen molar-refractivity contribution in [3.63, 3.8) is 0 Å². The average Bonchev–Trinajstić information content (AvgIpc) is 2.66. The number of rotatable bonds is 5. The first-order valence-electron chi connectivity index (χ1n) is 7.17. The number of carbonyl (C=O) groups excluding carboxylic acids is 1. The van der Waals surface area contributed by atoms with E-state index >= 15 is 0 Å². The molecule has 2 aromatic rings. The fourth-order valence-electron chi connectivity index (χ4n) is 2.00. The number of hydrogen-bond donors (Lipinski definition) is 0. The second-order valence-electron chi connectivity index (χ2n) is 4.81. The summed E-state index contributed by atoms with van der Waals surface area (Å²) in [7, 11) is 2.97. The highest BCUT2D eigenvalue weighted by Crippen LogP contribution is 2.29. The number of allylic oxidation sites excluding steroid dienone is 1. The standard InChI is InChI=1S/C19H14N2O4/c1-23-16-6-4-15(5-7-16)19(22)25-17-8-3-13(10-18(17)24-2)9-14(11-20)12-21/h3-10H,1-2H3. The quantitative estimate of drug-likeness (QED) is 0.473. The van der Waals surface area contributed by atoms with Gasteiger partial charge < -0.3 is 14.2 Å². The molecule has 0 heterocycles. The van der Waals surface area contributed by atoms with Crippen LogP contribution in [0.5, 0.6) is 17.2 Å². The average molecular weight is 334 g/mol. The van der Waals surface area contributed by atoms with Gasteiger partial charge in [0.05, 0.1) is 19.8 Å². The van der Waals surface area contributed by atoms with E-state index < -0.39 is 5.97 Å². The van der Waals surface area contributed by atoms with Gasteiger partial charge >= 0.3 is 5.97 Å². The molecule has 2 aromatic carbocycles. The number of esters is 1. The van der Waals surface area contributed by atoms with Crippen molar-refractivity contribution in [2.24, 2.45) is 0 Å². The van der Waals surface area contributed by atoms with Crippen molar-refractivity contribution in [3.8, 4) is 29.4 Å². The summed E-state index contributed by atoms with van der Waals surface area (Å²) in [4.78, 5) is 12.2. The largest absolute Gasteiger partial charge is 0.497 e. The Kier molecular flexibility index (Phi) is 5.76. The summed E-state index contributed by atoms with van der Waals surface area (Å²) < 4.78 is 15.6. The Hall–Kier alpha value is -3.77. The maximum atomic E-state index is 12.2. The molecule has 0 bridgehead atoms. The number of methoxy groups -OCH3 is 2. The number of carbonyl (C=O) groups is 1. The summed E-state index contributed by atoms with van der Waals surface area (Å²) in [5, 5.41) is 17.6. The smallest absolute Gasteiger partial charge is 0.343 e. The van der Waals surface area contributed by atoms with E-state index in [2.05, 4.69) is 0 Å². The normalized spacial score (nSPS) is 9.28. The molecular weight excluding hydrogens is 320 g/mol. The molecule has 2 rings (SSSR count). The first-order chi connectivity index (χ1) is 12.1. The van der Waals surface area contributed by atoms with E-state index in [0.29, 0.717) is 22.6 Å². The Morgan fingerprint density at radius 1 is 0.960 bits per heavy atom. The van der Waals surface area contributed by atoms with Gasteiger partial charge in [0.15, 0.2) is 11.5 Å². The van der Waals surface area contributed by atoms with Crippen molar-refractivity contribution in [3.05, 3.63) is 59.2 Å². The molecule has 0 aromatic heterocycles. The van der Waals surface area contributed by atoms with Gasteiger partial charge in [-0.2, -0.15) is 10.5 Å². The van der Waals surface area contributed by atoms with E-state index in [0.717, 1.165) is 0 Å². The second kappa shape index (κ2) is 8.19. The lowest BCUT2D eigenvalue weighted by molar-refractivity contribution is 0.0729. The molecule has 124 valence electrons. The van der Waals surface area contributed by atoms with Crippen LogP contribution in [0.15, 0.2) is 48.0 Å². The van der Waals surface area contributed by atoms with Crippen LogP contribution < -0.4 is 14.2 Å². The molecule has 0 aliphatic rings. The van der Waals surface area contributed by atoms with Crippen molar-refractivity contribution >= 4 is 12.0 Å². The van der Waals surface area contributed by atoms with E-state index in [9.17, 15) is 4.79 Å². The summed E-state index contributed by atoms with van der Waals surface area (Å²) in [5.41, 5.74) is 0.910. The molecule has 25 heavy (non-hydrogen) atoms. The predicted molar refractivity (Wildman–Crippen MR) is 90.1 cm³/mol. The van der Waals surface area contributed by atoms with Crippen LogP contribution in [0.25, 0.3) is 6.08 Å². The number of ether oxygens (including phenoxy) is 3. The van der Waals surface area contributed by atoms with Gasteiger partial charge in [-0.25, -0.2) is 4.79 Å². The molecule has 0 N–H and O–H groups in total. The Balaban J connectivity index is 2.24. The minimum Gasteiger partial charge on any atom is -0.497 e. The molecule has 0 saturated carbocycles. The number of nitrogens with zero attached hydrogens (tertiary/aromatic N) is 2. The van der Waals surface area contributed by atoms with Crippen molar-refractivity contribution in [1.29, 1.82) is 10.5 Å². The molecule has 0 spiro atoms. The Bertz CT molecular complexity index is 871. The molecule has 0 radical (unpaired) electrons. The fraction of sp³-hybridized carbons (Fsp3) is 0.105. The molecule has 6 heteroatoms. The number of hydrogen-bond acceptors (Lipinski definition) is 6. The lowest BCUT2D eigenvalue weighted by Gasteiger charge is -2.10. The van der Waals surface area contributed by atoms with Crippen LogP contribution in [0.4, 0.5) is 0 Å². The van der Waals surface area contributed by atoms with Gasteiger partial charge in [0, 0.05) is 0 Å². The molecule has 0 atom stereocenters. The van der Waals surface area contributed by atoms with Crippen LogP contribution in [0.1, 0.15) is 15.9 Å². The number of benzene rings is 2. The topological polar surface area (TPSA) is 92.3 Å². The maximum absolute atomic E-state index is 12.2. The lowest BCUT2D eigenvalue weighted by atomic mass is 10.1. The zero-order chi connectivity index (χ0) is 18.2. The molecule has 0 saturated heterocycles. The molecular formula is C19H14N2O4. The first kappa shape index (κ1) is 17.6. The van der Waals surface area contributed by atoms with Gasteiger partial charge in [0.1, 0.15) is 23.5 Å². The summed E-state index contributed by atoms with van der Waals surface area (Å²) in [6.07, 6.45) is 1.41. The van der Waals surface area contributed by atoms with Crippen LogP contribution in [-0.2, 0) is 0 Å². The van der Waals surface area contributed by atoms with Crippen molar-refractivity contribution in [2.75, 3.05) is 14.2 Å². The van der Waals surface area contributed by atoms with Crippen LogP contribution >= 0.6 is 0 Å². The summed E-state index contributed by atoms with van der Waals surface area (Å²) in [6.45, 7) is 0. The van der Waals surface area contributed by atoms with Crippen molar-refractivity contribution < 1.29 is 19.0 Å². The lowest BCUT2D eigenvalue weighted by Crippen LogP contribution is -2.09. The van der Waals surface area contributed by atoms with Crippen LogP contribution in [0.3, 0.4) is 0 Å². The third kappa shape index (κ3) is 4.37. The fourth-order valence-corrected chi connectivity index (χ4v) is 2.00. The first-order valence-corrected chi connectivity index (χ1v) is 7.17. The van der Waals surface area contributed by atoms with Gasteiger partial charge in [-0.05, 0) is 48.0 Å². The molecule has 0 aliphatic carbocycles.